The number of hydrogen-bond acceptors (Lipinski definition) is 7. The van der Waals surface area contributed by atoms with Crippen molar-refractivity contribution in [1.82, 2.24) is 35.5 Å². The fraction of sp³-hybridized carbons (Fsp3) is 0.229. The van der Waals surface area contributed by atoms with Gasteiger partial charge in [-0.15, -0.1) is 16.4 Å². The van der Waals surface area contributed by atoms with E-state index in [0.29, 0.717) is 51.4 Å². The summed E-state index contributed by atoms with van der Waals surface area (Å²) in [4.78, 5) is 29.3. The molecule has 1 aliphatic rings. The van der Waals surface area contributed by atoms with Crippen molar-refractivity contribution >= 4 is 35.6 Å². The lowest BCUT2D eigenvalue weighted by molar-refractivity contribution is 0.194. The van der Waals surface area contributed by atoms with Crippen LogP contribution in [0.15, 0.2) is 84.4 Å². The second-order valence-electron chi connectivity index (χ2n) is 11.0. The van der Waals surface area contributed by atoms with Crippen molar-refractivity contribution in [3.05, 3.63) is 101 Å². The van der Waals surface area contributed by atoms with E-state index < -0.39 is 6.09 Å². The maximum atomic E-state index is 12.0. The molecule has 0 atom stereocenters. The maximum absolute atomic E-state index is 12.0. The van der Waals surface area contributed by atoms with Crippen LogP contribution in [0.2, 0.25) is 0 Å². The molecule has 6 rings (SSSR count). The maximum Gasteiger partial charge on any atom is 0.404 e. The van der Waals surface area contributed by atoms with Crippen LogP contribution in [0.1, 0.15) is 29.8 Å². The highest BCUT2D eigenvalue weighted by Crippen LogP contribution is 2.34. The highest BCUT2D eigenvalue weighted by Gasteiger charge is 2.20. The highest BCUT2D eigenvalue weighted by molar-refractivity contribution is 7.13. The molecular formula is C35H35N7O4S. The smallest absolute Gasteiger partial charge is 0.404 e. The molecule has 240 valence electrons. The van der Waals surface area contributed by atoms with Gasteiger partial charge in [0, 0.05) is 31.1 Å². The third-order valence-electron chi connectivity index (χ3n) is 7.69. The number of nitrogens with zero attached hydrogens (tertiary/aromatic N) is 5. The summed E-state index contributed by atoms with van der Waals surface area (Å²) >= 11 is 1.54. The van der Waals surface area contributed by atoms with Crippen LogP contribution < -0.4 is 15.4 Å². The van der Waals surface area contributed by atoms with Crippen molar-refractivity contribution in [1.29, 1.82) is 0 Å². The standard InChI is InChI=1S/C35H35N7O4S/c43-34-36-18-19-41(34)20-21-46-32-22-30(42-23-28(39-40-42)8-4-5-17-37-35(44)45)15-16-31(32)33-38-29(24-47-33)14-11-25-9-12-27(13-10-25)26-6-2-1-3-7-26/h1-3,6-7,9-16,22-24,37H,4-5,8,17-21H2,(H,36,43)(H,44,45)/b14-11+. The molecule has 0 spiro atoms. The summed E-state index contributed by atoms with van der Waals surface area (Å²) in [6, 6.07) is 24.5. The second kappa shape index (κ2) is 15.2. The molecule has 5 aromatic rings. The quantitative estimate of drug-likeness (QED) is 0.122. The van der Waals surface area contributed by atoms with E-state index >= 15 is 0 Å². The predicted octanol–water partition coefficient (Wildman–Crippen LogP) is 6.22. The lowest BCUT2D eigenvalue weighted by Gasteiger charge is -2.16. The summed E-state index contributed by atoms with van der Waals surface area (Å²) in [5.41, 5.74) is 6.74. The molecule has 3 N–H and O–H groups in total. The van der Waals surface area contributed by atoms with Gasteiger partial charge in [-0.3, -0.25) is 0 Å². The molecule has 11 nitrogen and oxygen atoms in total. The van der Waals surface area contributed by atoms with Crippen molar-refractivity contribution in [3.8, 4) is 33.1 Å². The number of urea groups is 1. The molecule has 2 aromatic heterocycles. The monoisotopic (exact) mass is 649 g/mol. The molecule has 1 fully saturated rings. The van der Waals surface area contributed by atoms with E-state index in [0.717, 1.165) is 39.6 Å². The molecule has 0 aliphatic carbocycles. The predicted molar refractivity (Wildman–Crippen MR) is 183 cm³/mol. The van der Waals surface area contributed by atoms with Crippen molar-refractivity contribution in [2.45, 2.75) is 19.3 Å². The average molecular weight is 650 g/mol. The number of ether oxygens (including phenoxy) is 1. The van der Waals surface area contributed by atoms with Gasteiger partial charge in [-0.1, -0.05) is 65.9 Å². The number of rotatable bonds is 14. The Balaban J connectivity index is 1.16. The number of carboxylic acid groups (broad SMARTS) is 1. The minimum Gasteiger partial charge on any atom is -0.491 e. The molecule has 47 heavy (non-hydrogen) atoms. The van der Waals surface area contributed by atoms with Crippen molar-refractivity contribution in [2.75, 3.05) is 32.8 Å². The van der Waals surface area contributed by atoms with Crippen LogP contribution >= 0.6 is 11.3 Å². The molecule has 12 heteroatoms. The first-order valence-corrected chi connectivity index (χ1v) is 16.4. The number of unbranched alkanes of at least 4 members (excludes halogenated alkanes) is 1. The Bertz CT molecular complexity index is 1840. The van der Waals surface area contributed by atoms with Crippen molar-refractivity contribution in [3.63, 3.8) is 0 Å². The van der Waals surface area contributed by atoms with Crippen LogP contribution in [-0.4, -0.2) is 74.9 Å². The van der Waals surface area contributed by atoms with Crippen LogP contribution in [-0.2, 0) is 6.42 Å². The van der Waals surface area contributed by atoms with E-state index in [9.17, 15) is 9.59 Å². The lowest BCUT2D eigenvalue weighted by Crippen LogP contribution is -2.31. The van der Waals surface area contributed by atoms with Gasteiger partial charge < -0.3 is 25.4 Å². The first-order valence-electron chi connectivity index (χ1n) is 15.5. The van der Waals surface area contributed by atoms with Gasteiger partial charge in [0.2, 0.25) is 0 Å². The zero-order valence-corrected chi connectivity index (χ0v) is 26.5. The molecule has 3 heterocycles. The Morgan fingerprint density at radius 2 is 1.87 bits per heavy atom. The number of nitrogens with one attached hydrogen (secondary N) is 2. The second-order valence-corrected chi connectivity index (χ2v) is 11.8. The molecule has 3 amide bonds. The van der Waals surface area contributed by atoms with E-state index in [1.54, 1.807) is 9.58 Å². The van der Waals surface area contributed by atoms with Gasteiger partial charge in [0.05, 0.1) is 35.4 Å². The fourth-order valence-corrected chi connectivity index (χ4v) is 6.01. The van der Waals surface area contributed by atoms with Crippen LogP contribution in [0.3, 0.4) is 0 Å². The lowest BCUT2D eigenvalue weighted by atomic mass is 10.0. The number of aromatic nitrogens is 4. The van der Waals surface area contributed by atoms with E-state index in [2.05, 4.69) is 63.4 Å². The molecule has 0 bridgehead atoms. The molecule has 1 aliphatic heterocycles. The van der Waals surface area contributed by atoms with Gasteiger partial charge in [0.1, 0.15) is 17.4 Å². The normalized spacial score (nSPS) is 12.9. The van der Waals surface area contributed by atoms with E-state index in [4.69, 9.17) is 14.8 Å². The zero-order valence-electron chi connectivity index (χ0n) is 25.7. The number of carbonyl (C=O) groups excluding carboxylic acids is 1. The summed E-state index contributed by atoms with van der Waals surface area (Å²) in [7, 11) is 0. The van der Waals surface area contributed by atoms with Crippen molar-refractivity contribution < 1.29 is 19.4 Å². The SMILES string of the molecule is O=C(O)NCCCCc1cn(-c2ccc(-c3nc(/C=C/c4ccc(-c5ccccc5)cc4)cs3)c(OCCN3CCNC3=O)c2)nn1. The van der Waals surface area contributed by atoms with Crippen LogP contribution in [0.4, 0.5) is 9.59 Å². The van der Waals surface area contributed by atoms with Crippen LogP contribution in [0.25, 0.3) is 39.5 Å². The van der Waals surface area contributed by atoms with Crippen LogP contribution in [0, 0.1) is 0 Å². The minimum absolute atomic E-state index is 0.0810. The summed E-state index contributed by atoms with van der Waals surface area (Å²) in [6.07, 6.45) is 7.11. The summed E-state index contributed by atoms with van der Waals surface area (Å²) < 4.78 is 7.98. The van der Waals surface area contributed by atoms with Gasteiger partial charge in [-0.2, -0.15) is 0 Å². The Morgan fingerprint density at radius 3 is 2.66 bits per heavy atom. The molecule has 3 aromatic carbocycles. The topological polar surface area (TPSA) is 134 Å². The fourth-order valence-electron chi connectivity index (χ4n) is 5.19. The number of amides is 3. The van der Waals surface area contributed by atoms with Gasteiger partial charge in [-0.25, -0.2) is 19.3 Å². The summed E-state index contributed by atoms with van der Waals surface area (Å²) in [6.45, 7) is 2.49. The Labute approximate surface area is 276 Å². The first kappa shape index (κ1) is 31.5. The zero-order chi connectivity index (χ0) is 32.4. The van der Waals surface area contributed by atoms with Gasteiger partial charge >= 0.3 is 12.1 Å². The average Bonchev–Trinajstić information content (AvgIpc) is 3.86. The Hall–Kier alpha value is -5.49. The largest absolute Gasteiger partial charge is 0.491 e. The molecule has 1 saturated heterocycles. The van der Waals surface area contributed by atoms with Crippen molar-refractivity contribution in [2.24, 2.45) is 0 Å². The van der Waals surface area contributed by atoms with Gasteiger partial charge in [0.25, 0.3) is 0 Å². The summed E-state index contributed by atoms with van der Waals surface area (Å²) in [5, 5.41) is 25.4. The Kier molecular flexibility index (Phi) is 10.2. The third kappa shape index (κ3) is 8.41. The minimum atomic E-state index is -1.02. The Morgan fingerprint density at radius 1 is 1.04 bits per heavy atom. The molecule has 0 saturated carbocycles. The molecular weight excluding hydrogens is 614 g/mol. The number of hydrogen-bond donors (Lipinski definition) is 3. The highest BCUT2D eigenvalue weighted by atomic mass is 32.1. The number of thiazole rings is 1. The molecule has 0 unspecified atom stereocenters. The van der Waals surface area contributed by atoms with Crippen LogP contribution in [0.5, 0.6) is 5.75 Å². The van der Waals surface area contributed by atoms with E-state index in [1.165, 1.54) is 22.5 Å². The van der Waals surface area contributed by atoms with E-state index in [-0.39, 0.29) is 6.03 Å². The van der Waals surface area contributed by atoms with Gasteiger partial charge in [0.15, 0.2) is 0 Å². The van der Waals surface area contributed by atoms with E-state index in [1.807, 2.05) is 54.1 Å². The first-order chi connectivity index (χ1) is 23.0. The number of aryl methyl sites for hydroxylation is 1. The third-order valence-corrected chi connectivity index (χ3v) is 8.58. The van der Waals surface area contributed by atoms with Gasteiger partial charge in [-0.05, 0) is 54.2 Å². The number of benzene rings is 3. The number of carbonyl (C=O) groups is 2. The molecule has 0 radical (unpaired) electrons. The summed E-state index contributed by atoms with van der Waals surface area (Å²) in [5.74, 6) is 0.639.